The summed E-state index contributed by atoms with van der Waals surface area (Å²) >= 11 is 0. The molecule has 0 heterocycles. The van der Waals surface area contributed by atoms with E-state index in [9.17, 15) is 27.9 Å². The number of benzene rings is 2. The first-order valence-corrected chi connectivity index (χ1v) is 9.49. The Morgan fingerprint density at radius 2 is 1.68 bits per heavy atom. The van der Waals surface area contributed by atoms with Gasteiger partial charge in [0.25, 0.3) is 0 Å². The molecule has 0 saturated carbocycles. The van der Waals surface area contributed by atoms with Crippen LogP contribution < -0.4 is 5.32 Å². The van der Waals surface area contributed by atoms with Crippen LogP contribution in [0.1, 0.15) is 51.2 Å². The molecule has 0 aromatic heterocycles. The van der Waals surface area contributed by atoms with Gasteiger partial charge in [0.15, 0.2) is 17.4 Å². The van der Waals surface area contributed by atoms with Crippen LogP contribution in [0.25, 0.3) is 0 Å². The minimum Gasteiger partial charge on any atom is -0.503 e. The quantitative estimate of drug-likeness (QED) is 0.358. The van der Waals surface area contributed by atoms with Crippen molar-refractivity contribution in [2.45, 2.75) is 52.2 Å². The molecule has 0 bridgehead atoms. The average molecular weight is 439 g/mol. The molecule has 0 unspecified atom stereocenters. The number of rotatable bonds is 6. The molecule has 2 N–H and O–H groups in total. The number of ether oxygens (including phenoxy) is 2. The smallest absolute Gasteiger partial charge is 0.412 e. The first-order chi connectivity index (χ1) is 14.4. The van der Waals surface area contributed by atoms with Gasteiger partial charge in [0.1, 0.15) is 12.2 Å². The van der Waals surface area contributed by atoms with Gasteiger partial charge in [0, 0.05) is 5.56 Å². The maximum absolute atomic E-state index is 14.6. The minimum absolute atomic E-state index is 0.0269. The van der Waals surface area contributed by atoms with Crippen LogP contribution in [0, 0.1) is 17.5 Å². The molecule has 0 aliphatic heterocycles. The molecule has 6 nitrogen and oxygen atoms in total. The number of carbonyl (C=O) groups is 2. The molecule has 1 amide bonds. The van der Waals surface area contributed by atoms with Crippen molar-refractivity contribution in [3.63, 3.8) is 0 Å². The lowest BCUT2D eigenvalue weighted by Crippen LogP contribution is -2.28. The number of nitrogens with one attached hydrogen (secondary N) is 1. The molecule has 1 atom stereocenters. The fourth-order valence-electron chi connectivity index (χ4n) is 2.81. The molecule has 2 rings (SSSR count). The molecule has 0 aliphatic rings. The van der Waals surface area contributed by atoms with Crippen molar-refractivity contribution in [1.29, 1.82) is 0 Å². The van der Waals surface area contributed by atoms with E-state index in [0.717, 1.165) is 5.56 Å². The highest BCUT2D eigenvalue weighted by Gasteiger charge is 2.31. The van der Waals surface area contributed by atoms with Crippen LogP contribution in [0.4, 0.5) is 23.7 Å². The summed E-state index contributed by atoms with van der Waals surface area (Å²) < 4.78 is 53.1. The van der Waals surface area contributed by atoms with E-state index in [0.29, 0.717) is 0 Å². The Morgan fingerprint density at radius 1 is 1.06 bits per heavy atom. The molecular formula is C22H24F3NO5. The summed E-state index contributed by atoms with van der Waals surface area (Å²) in [5.74, 6) is -8.40. The fraction of sp³-hybridized carbons (Fsp3) is 0.364. The maximum atomic E-state index is 14.6. The number of esters is 1. The number of carbonyl (C=O) groups excluding carboxylic acids is 2. The van der Waals surface area contributed by atoms with Gasteiger partial charge < -0.3 is 14.6 Å². The minimum atomic E-state index is -1.87. The van der Waals surface area contributed by atoms with Crippen LogP contribution in [0.2, 0.25) is 0 Å². The molecule has 0 radical (unpaired) electrons. The predicted molar refractivity (Wildman–Crippen MR) is 107 cm³/mol. The second-order valence-corrected chi connectivity index (χ2v) is 7.96. The Labute approximate surface area is 178 Å². The Bertz CT molecular complexity index is 958. The summed E-state index contributed by atoms with van der Waals surface area (Å²) in [5.41, 5.74) is -1.67. The summed E-state index contributed by atoms with van der Waals surface area (Å²) in [6.07, 6.45) is -1.58. The van der Waals surface area contributed by atoms with E-state index in [1.165, 1.54) is 6.92 Å². The van der Waals surface area contributed by atoms with Crippen LogP contribution in [-0.4, -0.2) is 22.8 Å². The first-order valence-electron chi connectivity index (χ1n) is 9.49. The summed E-state index contributed by atoms with van der Waals surface area (Å²) in [5, 5.41) is 11.6. The van der Waals surface area contributed by atoms with Crippen LogP contribution in [0.3, 0.4) is 0 Å². The van der Waals surface area contributed by atoms with Gasteiger partial charge >= 0.3 is 12.1 Å². The van der Waals surface area contributed by atoms with E-state index in [2.05, 4.69) is 0 Å². The number of hydrogen-bond donors (Lipinski definition) is 2. The van der Waals surface area contributed by atoms with Gasteiger partial charge in [-0.2, -0.15) is 4.39 Å². The SMILES string of the molecule is C[C@@H](CC(=O)OCc1ccccc1)c1c(F)c(O)c(F)c(F)c1NC(=O)OC(C)(C)C. The van der Waals surface area contributed by atoms with E-state index >= 15 is 0 Å². The van der Waals surface area contributed by atoms with Crippen molar-refractivity contribution in [1.82, 2.24) is 0 Å². The molecule has 0 saturated heterocycles. The summed E-state index contributed by atoms with van der Waals surface area (Å²) in [4.78, 5) is 24.2. The van der Waals surface area contributed by atoms with E-state index in [-0.39, 0.29) is 6.61 Å². The van der Waals surface area contributed by atoms with Gasteiger partial charge in [-0.15, -0.1) is 0 Å². The van der Waals surface area contributed by atoms with Crippen molar-refractivity contribution in [2.24, 2.45) is 0 Å². The summed E-state index contributed by atoms with van der Waals surface area (Å²) in [6.45, 7) is 5.97. The molecule has 168 valence electrons. The largest absolute Gasteiger partial charge is 0.503 e. The van der Waals surface area contributed by atoms with Crippen molar-refractivity contribution < 1.29 is 37.3 Å². The van der Waals surface area contributed by atoms with E-state index in [4.69, 9.17) is 9.47 Å². The molecule has 0 fully saturated rings. The third-order valence-electron chi connectivity index (χ3n) is 4.17. The topological polar surface area (TPSA) is 84.9 Å². The number of aromatic hydroxyl groups is 1. The van der Waals surface area contributed by atoms with E-state index in [1.807, 2.05) is 5.32 Å². The average Bonchev–Trinajstić information content (AvgIpc) is 2.68. The third kappa shape index (κ3) is 6.37. The Morgan fingerprint density at radius 3 is 2.26 bits per heavy atom. The molecule has 2 aromatic carbocycles. The second-order valence-electron chi connectivity index (χ2n) is 7.96. The predicted octanol–water partition coefficient (Wildman–Crippen LogP) is 5.39. The van der Waals surface area contributed by atoms with Crippen LogP contribution in [-0.2, 0) is 20.9 Å². The molecule has 2 aromatic rings. The Hall–Kier alpha value is -3.23. The number of anilines is 1. The zero-order valence-corrected chi connectivity index (χ0v) is 17.6. The zero-order chi connectivity index (χ0) is 23.3. The zero-order valence-electron chi connectivity index (χ0n) is 17.6. The number of amides is 1. The number of hydrogen-bond acceptors (Lipinski definition) is 5. The van der Waals surface area contributed by atoms with Crippen LogP contribution in [0.15, 0.2) is 30.3 Å². The third-order valence-corrected chi connectivity index (χ3v) is 4.17. The van der Waals surface area contributed by atoms with Gasteiger partial charge in [0.05, 0.1) is 12.1 Å². The fourth-order valence-corrected chi connectivity index (χ4v) is 2.81. The van der Waals surface area contributed by atoms with Crippen LogP contribution in [0.5, 0.6) is 5.75 Å². The summed E-state index contributed by atoms with van der Waals surface area (Å²) in [7, 11) is 0. The molecule has 0 spiro atoms. The molecule has 9 heteroatoms. The number of halogens is 3. The Kier molecular flexibility index (Phi) is 7.54. The van der Waals surface area contributed by atoms with Crippen molar-refractivity contribution in [3.8, 4) is 5.75 Å². The normalized spacial score (nSPS) is 12.2. The van der Waals surface area contributed by atoms with Crippen molar-refractivity contribution >= 4 is 17.7 Å². The van der Waals surface area contributed by atoms with Crippen molar-refractivity contribution in [3.05, 3.63) is 58.9 Å². The highest BCUT2D eigenvalue weighted by Crippen LogP contribution is 2.39. The van der Waals surface area contributed by atoms with Gasteiger partial charge in [-0.1, -0.05) is 37.3 Å². The Balaban J connectivity index is 2.26. The lowest BCUT2D eigenvalue weighted by molar-refractivity contribution is -0.145. The number of phenolic OH excluding ortho intramolecular Hbond substituents is 1. The van der Waals surface area contributed by atoms with Gasteiger partial charge in [-0.25, -0.2) is 13.6 Å². The second kappa shape index (κ2) is 9.72. The van der Waals surface area contributed by atoms with E-state index < -0.39 is 64.5 Å². The lowest BCUT2D eigenvalue weighted by atomic mass is 9.94. The van der Waals surface area contributed by atoms with Crippen LogP contribution >= 0.6 is 0 Å². The first kappa shape index (κ1) is 24.0. The monoisotopic (exact) mass is 439 g/mol. The van der Waals surface area contributed by atoms with Crippen molar-refractivity contribution in [2.75, 3.05) is 5.32 Å². The van der Waals surface area contributed by atoms with Gasteiger partial charge in [-0.3, -0.25) is 10.1 Å². The molecular weight excluding hydrogens is 415 g/mol. The van der Waals surface area contributed by atoms with Gasteiger partial charge in [0.2, 0.25) is 5.82 Å². The molecule has 0 aliphatic carbocycles. The van der Waals surface area contributed by atoms with Gasteiger partial charge in [-0.05, 0) is 32.3 Å². The molecule has 31 heavy (non-hydrogen) atoms. The van der Waals surface area contributed by atoms with E-state index in [1.54, 1.807) is 51.1 Å². The maximum Gasteiger partial charge on any atom is 0.412 e. The number of phenols is 1. The standard InChI is InChI=1S/C22H24F3NO5/c1-12(10-14(27)30-11-13-8-6-5-7-9-13)15-16(23)20(28)18(25)17(24)19(15)26-21(29)31-22(2,3)4/h5-9,12,28H,10-11H2,1-4H3,(H,26,29)/t12-/m0/s1. The highest BCUT2D eigenvalue weighted by atomic mass is 19.2. The lowest BCUT2D eigenvalue weighted by Gasteiger charge is -2.22. The summed E-state index contributed by atoms with van der Waals surface area (Å²) in [6, 6.07) is 8.81. The highest BCUT2D eigenvalue weighted by molar-refractivity contribution is 5.87.